The summed E-state index contributed by atoms with van der Waals surface area (Å²) in [5.74, 6) is -0.818. The second-order valence-corrected chi connectivity index (χ2v) is 4.52. The fourth-order valence-electron chi connectivity index (χ4n) is 1.63. The number of anilines is 1. The molecular weight excluding hydrogens is 271 g/mol. The van der Waals surface area contributed by atoms with Gasteiger partial charge in [-0.2, -0.15) is 0 Å². The number of amides is 1. The first kappa shape index (κ1) is 15.9. The third-order valence-corrected chi connectivity index (χ3v) is 2.96. The van der Waals surface area contributed by atoms with Crippen LogP contribution in [0.15, 0.2) is 18.2 Å². The second-order valence-electron chi connectivity index (χ2n) is 4.08. The van der Waals surface area contributed by atoms with E-state index in [0.29, 0.717) is 13.1 Å². The summed E-state index contributed by atoms with van der Waals surface area (Å²) in [6.07, 6.45) is 0.246. The first-order valence-electron chi connectivity index (χ1n) is 6.15. The van der Waals surface area contributed by atoms with Crippen LogP contribution in [-0.2, 0) is 4.79 Å². The van der Waals surface area contributed by atoms with Crippen LogP contribution in [0.1, 0.15) is 13.3 Å². The summed E-state index contributed by atoms with van der Waals surface area (Å²) in [7, 11) is 0. The Morgan fingerprint density at radius 3 is 2.79 bits per heavy atom. The van der Waals surface area contributed by atoms with Crippen molar-refractivity contribution >= 4 is 23.2 Å². The summed E-state index contributed by atoms with van der Waals surface area (Å²) in [5, 5.41) is 11.6. The predicted molar refractivity (Wildman–Crippen MR) is 73.9 cm³/mol. The third-order valence-electron chi connectivity index (χ3n) is 2.72. The van der Waals surface area contributed by atoms with Gasteiger partial charge in [0, 0.05) is 24.5 Å². The lowest BCUT2D eigenvalue weighted by Crippen LogP contribution is -2.30. The lowest BCUT2D eigenvalue weighted by Gasteiger charge is -2.18. The number of rotatable bonds is 7. The molecule has 0 spiro atoms. The number of hydrogen-bond donors (Lipinski definition) is 2. The molecule has 0 bridgehead atoms. The maximum Gasteiger partial charge on any atom is 0.225 e. The van der Waals surface area contributed by atoms with Gasteiger partial charge < -0.3 is 15.3 Å². The standard InChI is InChI=1S/C13H18ClFN2O2/c1-2-17(7-8-18)6-5-13(19)16-12-4-3-10(14)9-11(12)15/h3-4,9,18H,2,5-8H2,1H3,(H,16,19). The Balaban J connectivity index is 2.46. The lowest BCUT2D eigenvalue weighted by atomic mass is 10.3. The SMILES string of the molecule is CCN(CCO)CCC(=O)Nc1ccc(Cl)cc1F. The van der Waals surface area contributed by atoms with Crippen molar-refractivity contribution in [3.63, 3.8) is 0 Å². The Hall–Kier alpha value is -1.17. The molecule has 0 aliphatic carbocycles. The highest BCUT2D eigenvalue weighted by Gasteiger charge is 2.09. The average Bonchev–Trinajstić information content (AvgIpc) is 2.38. The molecule has 0 saturated heterocycles. The smallest absolute Gasteiger partial charge is 0.225 e. The normalized spacial score (nSPS) is 10.8. The molecule has 0 unspecified atom stereocenters. The summed E-state index contributed by atoms with van der Waals surface area (Å²) in [6, 6.07) is 4.10. The maximum atomic E-state index is 13.5. The minimum atomic E-state index is -0.552. The van der Waals surface area contributed by atoms with Crippen LogP contribution in [-0.4, -0.2) is 42.2 Å². The molecule has 1 aromatic rings. The molecular formula is C13H18ClFN2O2. The fourth-order valence-corrected chi connectivity index (χ4v) is 1.79. The van der Waals surface area contributed by atoms with E-state index in [1.165, 1.54) is 12.1 Å². The summed E-state index contributed by atoms with van der Waals surface area (Å²) in [4.78, 5) is 13.6. The maximum absolute atomic E-state index is 13.5. The van der Waals surface area contributed by atoms with Crippen LogP contribution in [0.2, 0.25) is 5.02 Å². The van der Waals surface area contributed by atoms with Crippen LogP contribution < -0.4 is 5.32 Å². The van der Waals surface area contributed by atoms with Crippen molar-refractivity contribution in [1.29, 1.82) is 0 Å². The first-order valence-corrected chi connectivity index (χ1v) is 6.52. The van der Waals surface area contributed by atoms with Gasteiger partial charge in [0.1, 0.15) is 5.82 Å². The minimum Gasteiger partial charge on any atom is -0.395 e. The Kier molecular flexibility index (Phi) is 6.77. The molecule has 0 radical (unpaired) electrons. The lowest BCUT2D eigenvalue weighted by molar-refractivity contribution is -0.116. The zero-order valence-corrected chi connectivity index (χ0v) is 11.6. The third kappa shape index (κ3) is 5.55. The van der Waals surface area contributed by atoms with Crippen molar-refractivity contribution in [2.75, 3.05) is 31.6 Å². The van der Waals surface area contributed by atoms with E-state index in [4.69, 9.17) is 16.7 Å². The minimum absolute atomic E-state index is 0.0568. The van der Waals surface area contributed by atoms with Gasteiger partial charge in [0.05, 0.1) is 12.3 Å². The van der Waals surface area contributed by atoms with Gasteiger partial charge in [0.15, 0.2) is 0 Å². The number of nitrogens with one attached hydrogen (secondary N) is 1. The highest BCUT2D eigenvalue weighted by Crippen LogP contribution is 2.18. The van der Waals surface area contributed by atoms with E-state index >= 15 is 0 Å². The highest BCUT2D eigenvalue weighted by atomic mass is 35.5. The molecule has 0 atom stereocenters. The number of nitrogens with zero attached hydrogens (tertiary/aromatic N) is 1. The fraction of sp³-hybridized carbons (Fsp3) is 0.462. The van der Waals surface area contributed by atoms with E-state index in [1.54, 1.807) is 0 Å². The molecule has 0 aliphatic rings. The monoisotopic (exact) mass is 288 g/mol. The first-order chi connectivity index (χ1) is 9.06. The molecule has 0 heterocycles. The summed E-state index contributed by atoms with van der Waals surface area (Å²) < 4.78 is 13.5. The van der Waals surface area contributed by atoms with E-state index < -0.39 is 5.82 Å². The zero-order chi connectivity index (χ0) is 14.3. The molecule has 1 aromatic carbocycles. The van der Waals surface area contributed by atoms with Crippen LogP contribution >= 0.6 is 11.6 Å². The number of benzene rings is 1. The molecule has 6 heteroatoms. The van der Waals surface area contributed by atoms with Crippen LogP contribution in [0.4, 0.5) is 10.1 Å². The van der Waals surface area contributed by atoms with Crippen molar-refractivity contribution in [2.45, 2.75) is 13.3 Å². The van der Waals surface area contributed by atoms with Crippen molar-refractivity contribution < 1.29 is 14.3 Å². The van der Waals surface area contributed by atoms with Crippen molar-refractivity contribution in [3.05, 3.63) is 29.0 Å². The van der Waals surface area contributed by atoms with Gasteiger partial charge in [-0.3, -0.25) is 4.79 Å². The Morgan fingerprint density at radius 2 is 2.21 bits per heavy atom. The Bertz CT molecular complexity index is 429. The van der Waals surface area contributed by atoms with Gasteiger partial charge in [-0.1, -0.05) is 18.5 Å². The van der Waals surface area contributed by atoms with Crippen molar-refractivity contribution in [1.82, 2.24) is 4.90 Å². The number of halogens is 2. The molecule has 1 rings (SSSR count). The van der Waals surface area contributed by atoms with E-state index in [9.17, 15) is 9.18 Å². The van der Waals surface area contributed by atoms with Crippen molar-refractivity contribution in [3.8, 4) is 0 Å². The largest absolute Gasteiger partial charge is 0.395 e. The van der Waals surface area contributed by atoms with E-state index in [0.717, 1.165) is 12.6 Å². The number of hydrogen-bond acceptors (Lipinski definition) is 3. The highest BCUT2D eigenvalue weighted by molar-refractivity contribution is 6.30. The van der Waals surface area contributed by atoms with E-state index in [-0.39, 0.29) is 29.6 Å². The van der Waals surface area contributed by atoms with Gasteiger partial charge in [-0.25, -0.2) is 4.39 Å². The molecule has 1 amide bonds. The summed E-state index contributed by atoms with van der Waals surface area (Å²) in [5.41, 5.74) is 0.125. The molecule has 2 N–H and O–H groups in total. The van der Waals surface area contributed by atoms with Crippen LogP contribution in [0.5, 0.6) is 0 Å². The quantitative estimate of drug-likeness (QED) is 0.808. The van der Waals surface area contributed by atoms with Gasteiger partial charge in [0.25, 0.3) is 0 Å². The number of likely N-dealkylation sites (N-methyl/N-ethyl adjacent to an activating group) is 1. The number of aliphatic hydroxyl groups is 1. The van der Waals surface area contributed by atoms with Crippen LogP contribution in [0, 0.1) is 5.82 Å². The van der Waals surface area contributed by atoms with Crippen molar-refractivity contribution in [2.24, 2.45) is 0 Å². The molecule has 0 saturated carbocycles. The number of carbonyl (C=O) groups is 1. The average molecular weight is 289 g/mol. The Morgan fingerprint density at radius 1 is 1.47 bits per heavy atom. The molecule has 0 aliphatic heterocycles. The topological polar surface area (TPSA) is 52.6 Å². The number of carbonyl (C=O) groups excluding carboxylic acids is 1. The predicted octanol–water partition coefficient (Wildman–Crippen LogP) is 2.12. The second kappa shape index (κ2) is 8.09. The van der Waals surface area contributed by atoms with Gasteiger partial charge >= 0.3 is 0 Å². The number of aliphatic hydroxyl groups excluding tert-OH is 1. The van der Waals surface area contributed by atoms with Gasteiger partial charge in [-0.15, -0.1) is 0 Å². The van der Waals surface area contributed by atoms with Gasteiger partial charge in [0.2, 0.25) is 5.91 Å². The molecule has 4 nitrogen and oxygen atoms in total. The zero-order valence-electron chi connectivity index (χ0n) is 10.8. The van der Waals surface area contributed by atoms with E-state index in [2.05, 4.69) is 5.32 Å². The molecule has 0 fully saturated rings. The van der Waals surface area contributed by atoms with Gasteiger partial charge in [-0.05, 0) is 24.7 Å². The summed E-state index contributed by atoms with van der Waals surface area (Å²) in [6.45, 7) is 3.81. The molecule has 19 heavy (non-hydrogen) atoms. The van der Waals surface area contributed by atoms with Crippen LogP contribution in [0.3, 0.4) is 0 Å². The molecule has 0 aromatic heterocycles. The van der Waals surface area contributed by atoms with Crippen LogP contribution in [0.25, 0.3) is 0 Å². The Labute approximate surface area is 117 Å². The summed E-state index contributed by atoms with van der Waals surface area (Å²) >= 11 is 5.63. The molecule has 106 valence electrons. The van der Waals surface area contributed by atoms with E-state index in [1.807, 2.05) is 11.8 Å².